The van der Waals surface area contributed by atoms with E-state index in [2.05, 4.69) is 18.7 Å². The van der Waals surface area contributed by atoms with Crippen molar-refractivity contribution in [3.05, 3.63) is 35.9 Å². The highest BCUT2D eigenvalue weighted by Crippen LogP contribution is 2.36. The van der Waals surface area contributed by atoms with Gasteiger partial charge in [0.25, 0.3) is 0 Å². The summed E-state index contributed by atoms with van der Waals surface area (Å²) in [4.78, 5) is 29.5. The maximum Gasteiger partial charge on any atom is 0.320 e. The van der Waals surface area contributed by atoms with E-state index in [1.54, 1.807) is 12.2 Å². The van der Waals surface area contributed by atoms with E-state index in [9.17, 15) is 9.59 Å². The van der Waals surface area contributed by atoms with Crippen LogP contribution >= 0.6 is 0 Å². The van der Waals surface area contributed by atoms with Gasteiger partial charge in [0.1, 0.15) is 5.41 Å². The van der Waals surface area contributed by atoms with Gasteiger partial charge in [-0.1, -0.05) is 32.1 Å². The second kappa shape index (κ2) is 8.99. The van der Waals surface area contributed by atoms with Crippen LogP contribution in [0.25, 0.3) is 6.08 Å². The van der Waals surface area contributed by atoms with Crippen molar-refractivity contribution in [3.8, 4) is 0 Å². The first kappa shape index (κ1) is 20.2. The van der Waals surface area contributed by atoms with Gasteiger partial charge in [0, 0.05) is 26.2 Å². The number of rotatable bonds is 9. The number of benzene rings is 1. The van der Waals surface area contributed by atoms with E-state index < -0.39 is 5.41 Å². The average molecular weight is 358 g/mol. The number of ketones is 1. The third-order valence-corrected chi connectivity index (χ3v) is 5.21. The molecule has 1 aliphatic rings. The number of carbonyl (C=O) groups excluding carboxylic acids is 2. The lowest BCUT2D eigenvalue weighted by atomic mass is 9.78. The highest BCUT2D eigenvalue weighted by atomic mass is 16.5. The van der Waals surface area contributed by atoms with Gasteiger partial charge in [-0.25, -0.2) is 0 Å². The maximum atomic E-state index is 12.9. The number of nitrogens with zero attached hydrogens (tertiary/aromatic N) is 2. The zero-order valence-corrected chi connectivity index (χ0v) is 16.3. The highest BCUT2D eigenvalue weighted by Gasteiger charge is 2.49. The Kier molecular flexibility index (Phi) is 6.98. The molecule has 0 N–H and O–H groups in total. The summed E-state index contributed by atoms with van der Waals surface area (Å²) in [5.74, 6) is -0.522. The van der Waals surface area contributed by atoms with Crippen molar-refractivity contribution < 1.29 is 14.3 Å². The number of allylic oxidation sites excluding steroid dienone is 1. The molecule has 0 spiro atoms. The van der Waals surface area contributed by atoms with Crippen molar-refractivity contribution in [3.63, 3.8) is 0 Å². The third-order valence-electron chi connectivity index (χ3n) is 5.21. The third kappa shape index (κ3) is 4.52. The summed E-state index contributed by atoms with van der Waals surface area (Å²) < 4.78 is 5.17. The molecule has 26 heavy (non-hydrogen) atoms. The number of hydrogen-bond donors (Lipinski definition) is 0. The van der Waals surface area contributed by atoms with E-state index in [-0.39, 0.29) is 11.8 Å². The minimum Gasteiger partial charge on any atom is -0.465 e. The predicted molar refractivity (Wildman–Crippen MR) is 105 cm³/mol. The van der Waals surface area contributed by atoms with Crippen molar-refractivity contribution in [2.75, 3.05) is 45.2 Å². The van der Waals surface area contributed by atoms with E-state index in [1.165, 1.54) is 0 Å². The smallest absolute Gasteiger partial charge is 0.320 e. The predicted octanol–water partition coefficient (Wildman–Crippen LogP) is 3.00. The lowest BCUT2D eigenvalue weighted by Crippen LogP contribution is -2.39. The molecule has 2 rings (SSSR count). The maximum absolute atomic E-state index is 12.9. The van der Waals surface area contributed by atoms with Crippen LogP contribution in [0.5, 0.6) is 0 Å². The van der Waals surface area contributed by atoms with Gasteiger partial charge in [-0.3, -0.25) is 9.59 Å². The number of esters is 1. The molecule has 1 fully saturated rings. The standard InChI is InChI=1S/C21H30N2O3/c1-5-23(6-2)15-13-21(14-16-26-20(21)25)19(24)12-9-17-7-10-18(11-8-17)22(3)4/h7-12H,5-6,13-16H2,1-4H3/b12-9+. The molecule has 0 bridgehead atoms. The molecule has 5 heteroatoms. The first-order valence-electron chi connectivity index (χ1n) is 9.32. The molecule has 0 aromatic heterocycles. The molecule has 1 heterocycles. The van der Waals surface area contributed by atoms with Crippen molar-refractivity contribution in [1.82, 2.24) is 4.90 Å². The first-order valence-corrected chi connectivity index (χ1v) is 9.32. The summed E-state index contributed by atoms with van der Waals surface area (Å²) in [6, 6.07) is 7.94. The van der Waals surface area contributed by atoms with Crippen LogP contribution in [0, 0.1) is 5.41 Å². The molecular weight excluding hydrogens is 328 g/mol. The van der Waals surface area contributed by atoms with Crippen molar-refractivity contribution in [2.45, 2.75) is 26.7 Å². The van der Waals surface area contributed by atoms with Crippen molar-refractivity contribution in [2.24, 2.45) is 5.41 Å². The van der Waals surface area contributed by atoms with E-state index >= 15 is 0 Å². The van der Waals surface area contributed by atoms with Crippen LogP contribution in [-0.2, 0) is 14.3 Å². The number of cyclic esters (lactones) is 1. The van der Waals surface area contributed by atoms with Crippen LogP contribution in [-0.4, -0.2) is 57.0 Å². The number of hydrogen-bond acceptors (Lipinski definition) is 5. The fourth-order valence-corrected chi connectivity index (χ4v) is 3.24. The Balaban J connectivity index is 2.12. The summed E-state index contributed by atoms with van der Waals surface area (Å²) in [6.45, 7) is 7.03. The molecule has 1 atom stereocenters. The lowest BCUT2D eigenvalue weighted by molar-refractivity contribution is -0.150. The summed E-state index contributed by atoms with van der Waals surface area (Å²) >= 11 is 0. The average Bonchev–Trinajstić information content (AvgIpc) is 3.02. The molecule has 5 nitrogen and oxygen atoms in total. The largest absolute Gasteiger partial charge is 0.465 e. The van der Waals surface area contributed by atoms with E-state index in [0.717, 1.165) is 30.9 Å². The number of carbonyl (C=O) groups is 2. The molecule has 142 valence electrons. The number of ether oxygens (including phenoxy) is 1. The lowest BCUT2D eigenvalue weighted by Gasteiger charge is -2.26. The van der Waals surface area contributed by atoms with Crippen LogP contribution in [0.15, 0.2) is 30.3 Å². The Hall–Kier alpha value is -2.14. The molecule has 1 aliphatic heterocycles. The van der Waals surface area contributed by atoms with Crippen LogP contribution < -0.4 is 4.90 Å². The quantitative estimate of drug-likeness (QED) is 0.386. The first-order chi connectivity index (χ1) is 12.4. The zero-order valence-electron chi connectivity index (χ0n) is 16.3. The summed E-state index contributed by atoms with van der Waals surface area (Å²) in [6.07, 6.45) is 4.30. The summed E-state index contributed by atoms with van der Waals surface area (Å²) in [5, 5.41) is 0. The molecule has 0 amide bonds. The Labute approximate surface area is 156 Å². The van der Waals surface area contributed by atoms with Gasteiger partial charge in [-0.15, -0.1) is 0 Å². The molecular formula is C21H30N2O3. The Bertz CT molecular complexity index is 648. The Morgan fingerprint density at radius 1 is 1.19 bits per heavy atom. The molecule has 0 saturated carbocycles. The van der Waals surface area contributed by atoms with Crippen LogP contribution in [0.2, 0.25) is 0 Å². The molecule has 1 unspecified atom stereocenters. The van der Waals surface area contributed by atoms with E-state index in [4.69, 9.17) is 4.74 Å². The van der Waals surface area contributed by atoms with E-state index in [1.807, 2.05) is 43.3 Å². The van der Waals surface area contributed by atoms with Crippen LogP contribution in [0.1, 0.15) is 32.3 Å². The Morgan fingerprint density at radius 3 is 2.35 bits per heavy atom. The number of anilines is 1. The summed E-state index contributed by atoms with van der Waals surface area (Å²) in [7, 11) is 3.97. The fraction of sp³-hybridized carbons (Fsp3) is 0.524. The van der Waals surface area contributed by atoms with Crippen molar-refractivity contribution in [1.29, 1.82) is 0 Å². The minimum absolute atomic E-state index is 0.149. The highest BCUT2D eigenvalue weighted by molar-refractivity contribution is 6.11. The van der Waals surface area contributed by atoms with Gasteiger partial charge in [-0.2, -0.15) is 0 Å². The molecule has 1 saturated heterocycles. The molecule has 0 radical (unpaired) electrons. The normalized spacial score (nSPS) is 20.0. The molecule has 1 aromatic carbocycles. The zero-order chi connectivity index (χ0) is 19.2. The monoisotopic (exact) mass is 358 g/mol. The van der Waals surface area contributed by atoms with Gasteiger partial charge >= 0.3 is 5.97 Å². The van der Waals surface area contributed by atoms with Gasteiger partial charge in [0.15, 0.2) is 5.78 Å². The van der Waals surface area contributed by atoms with Gasteiger partial charge in [0.05, 0.1) is 6.61 Å². The van der Waals surface area contributed by atoms with Crippen LogP contribution in [0.3, 0.4) is 0 Å². The second-order valence-electron chi connectivity index (χ2n) is 6.93. The topological polar surface area (TPSA) is 49.9 Å². The Morgan fingerprint density at radius 2 is 1.85 bits per heavy atom. The van der Waals surface area contributed by atoms with Crippen molar-refractivity contribution >= 4 is 23.5 Å². The molecule has 1 aromatic rings. The van der Waals surface area contributed by atoms with Gasteiger partial charge < -0.3 is 14.5 Å². The SMILES string of the molecule is CCN(CC)CCC1(C(=O)/C=C/c2ccc(N(C)C)cc2)CCOC1=O. The van der Waals surface area contributed by atoms with Gasteiger partial charge in [0.2, 0.25) is 0 Å². The second-order valence-corrected chi connectivity index (χ2v) is 6.93. The minimum atomic E-state index is -1.03. The van der Waals surface area contributed by atoms with Crippen LogP contribution in [0.4, 0.5) is 5.69 Å². The van der Waals surface area contributed by atoms with Gasteiger partial charge in [-0.05, 0) is 49.8 Å². The fourth-order valence-electron chi connectivity index (χ4n) is 3.24. The van der Waals surface area contributed by atoms with E-state index in [0.29, 0.717) is 19.4 Å². The summed E-state index contributed by atoms with van der Waals surface area (Å²) in [5.41, 5.74) is 1.01. The molecule has 0 aliphatic carbocycles.